The average molecular weight is 358 g/mol. The normalized spacial score (nSPS) is 11.0. The highest BCUT2D eigenvalue weighted by molar-refractivity contribution is 7.89. The highest BCUT2D eigenvalue weighted by Gasteiger charge is 2.13. The van der Waals surface area contributed by atoms with Crippen molar-refractivity contribution in [2.45, 2.75) is 17.7 Å². The lowest BCUT2D eigenvalue weighted by atomic mass is 10.1. The summed E-state index contributed by atoms with van der Waals surface area (Å²) in [5.74, 6) is -0.212. The molecule has 2 aromatic carbocycles. The maximum Gasteiger partial charge on any atom is 0.251 e. The van der Waals surface area contributed by atoms with Crippen LogP contribution in [0.5, 0.6) is 0 Å². The van der Waals surface area contributed by atoms with Crippen molar-refractivity contribution in [1.29, 1.82) is 0 Å². The first-order chi connectivity index (χ1) is 12.0. The zero-order valence-corrected chi connectivity index (χ0v) is 14.8. The molecule has 25 heavy (non-hydrogen) atoms. The van der Waals surface area contributed by atoms with Crippen molar-refractivity contribution in [3.8, 4) is 0 Å². The fourth-order valence-electron chi connectivity index (χ4n) is 2.28. The molecule has 6 heteroatoms. The SMILES string of the molecule is C=CCNS(=O)(=O)c1ccc(C(=O)NCCCc2ccccc2)cc1. The lowest BCUT2D eigenvalue weighted by Crippen LogP contribution is -2.25. The summed E-state index contributed by atoms with van der Waals surface area (Å²) in [6.07, 6.45) is 3.20. The van der Waals surface area contributed by atoms with Gasteiger partial charge in [0.15, 0.2) is 0 Å². The smallest absolute Gasteiger partial charge is 0.251 e. The van der Waals surface area contributed by atoms with Crippen LogP contribution in [0.2, 0.25) is 0 Å². The van der Waals surface area contributed by atoms with Gasteiger partial charge in [0.05, 0.1) is 4.90 Å². The molecule has 0 heterocycles. The minimum atomic E-state index is -3.57. The second-order valence-corrected chi connectivity index (χ2v) is 7.28. The zero-order valence-electron chi connectivity index (χ0n) is 13.9. The molecule has 0 radical (unpaired) electrons. The van der Waals surface area contributed by atoms with Crippen LogP contribution in [0.25, 0.3) is 0 Å². The van der Waals surface area contributed by atoms with E-state index in [1.807, 2.05) is 18.2 Å². The van der Waals surface area contributed by atoms with Crippen LogP contribution in [0.3, 0.4) is 0 Å². The number of nitrogens with one attached hydrogen (secondary N) is 2. The molecule has 2 rings (SSSR count). The molecule has 1 amide bonds. The molecule has 2 N–H and O–H groups in total. The van der Waals surface area contributed by atoms with E-state index in [-0.39, 0.29) is 17.3 Å². The van der Waals surface area contributed by atoms with Gasteiger partial charge >= 0.3 is 0 Å². The number of benzene rings is 2. The first kappa shape index (κ1) is 18.9. The fourth-order valence-corrected chi connectivity index (χ4v) is 3.28. The fraction of sp³-hybridized carbons (Fsp3) is 0.211. The largest absolute Gasteiger partial charge is 0.352 e. The molecular formula is C19H22N2O3S. The van der Waals surface area contributed by atoms with Crippen molar-refractivity contribution in [3.63, 3.8) is 0 Å². The van der Waals surface area contributed by atoms with Gasteiger partial charge in [-0.2, -0.15) is 0 Å². The molecule has 2 aromatic rings. The first-order valence-electron chi connectivity index (χ1n) is 8.05. The van der Waals surface area contributed by atoms with Crippen LogP contribution in [0.1, 0.15) is 22.3 Å². The molecule has 0 spiro atoms. The second-order valence-electron chi connectivity index (χ2n) is 5.51. The summed E-state index contributed by atoms with van der Waals surface area (Å²) >= 11 is 0. The molecular weight excluding hydrogens is 336 g/mol. The van der Waals surface area contributed by atoms with Crippen molar-refractivity contribution >= 4 is 15.9 Å². The molecule has 0 aliphatic carbocycles. The number of sulfonamides is 1. The van der Waals surface area contributed by atoms with Crippen molar-refractivity contribution in [1.82, 2.24) is 10.0 Å². The quantitative estimate of drug-likeness (QED) is 0.534. The van der Waals surface area contributed by atoms with E-state index in [0.29, 0.717) is 12.1 Å². The van der Waals surface area contributed by atoms with Gasteiger partial charge in [-0.25, -0.2) is 13.1 Å². The van der Waals surface area contributed by atoms with Gasteiger partial charge in [-0.15, -0.1) is 6.58 Å². The van der Waals surface area contributed by atoms with Crippen molar-refractivity contribution < 1.29 is 13.2 Å². The van der Waals surface area contributed by atoms with Gasteiger partial charge in [-0.05, 0) is 42.7 Å². The van der Waals surface area contributed by atoms with Gasteiger partial charge in [0, 0.05) is 18.7 Å². The summed E-state index contributed by atoms with van der Waals surface area (Å²) in [6.45, 7) is 4.19. The number of aryl methyl sites for hydroxylation is 1. The maximum atomic E-state index is 12.1. The van der Waals surface area contributed by atoms with Gasteiger partial charge in [0.2, 0.25) is 10.0 Å². The Balaban J connectivity index is 1.84. The summed E-state index contributed by atoms with van der Waals surface area (Å²) < 4.78 is 26.3. The summed E-state index contributed by atoms with van der Waals surface area (Å²) in [7, 11) is -3.57. The van der Waals surface area contributed by atoms with Crippen LogP contribution in [-0.2, 0) is 16.4 Å². The summed E-state index contributed by atoms with van der Waals surface area (Å²) in [5.41, 5.74) is 1.67. The molecule has 0 fully saturated rings. The number of hydrogen-bond acceptors (Lipinski definition) is 3. The minimum absolute atomic E-state index is 0.120. The number of amides is 1. The highest BCUT2D eigenvalue weighted by Crippen LogP contribution is 2.10. The van der Waals surface area contributed by atoms with E-state index in [1.54, 1.807) is 0 Å². The molecule has 132 valence electrons. The minimum Gasteiger partial charge on any atom is -0.352 e. The Kier molecular flexibility index (Phi) is 6.91. The zero-order chi connectivity index (χ0) is 18.1. The van der Waals surface area contributed by atoms with Crippen molar-refractivity contribution in [2.24, 2.45) is 0 Å². The Morgan fingerprint density at radius 1 is 1.04 bits per heavy atom. The van der Waals surface area contributed by atoms with Crippen molar-refractivity contribution in [3.05, 3.63) is 78.4 Å². The van der Waals surface area contributed by atoms with E-state index in [9.17, 15) is 13.2 Å². The second kappa shape index (κ2) is 9.15. The number of carbonyl (C=O) groups excluding carboxylic acids is 1. The van der Waals surface area contributed by atoms with E-state index in [0.717, 1.165) is 12.8 Å². The number of carbonyl (C=O) groups is 1. The van der Waals surface area contributed by atoms with Gasteiger partial charge in [-0.1, -0.05) is 36.4 Å². The Morgan fingerprint density at radius 2 is 1.72 bits per heavy atom. The molecule has 0 saturated heterocycles. The number of hydrogen-bond donors (Lipinski definition) is 2. The van der Waals surface area contributed by atoms with E-state index < -0.39 is 10.0 Å². The van der Waals surface area contributed by atoms with Crippen molar-refractivity contribution in [2.75, 3.05) is 13.1 Å². The van der Waals surface area contributed by atoms with Crippen LogP contribution >= 0.6 is 0 Å². The molecule has 0 atom stereocenters. The third-order valence-electron chi connectivity index (χ3n) is 3.62. The van der Waals surface area contributed by atoms with Crippen LogP contribution in [0, 0.1) is 0 Å². The molecule has 0 aromatic heterocycles. The monoisotopic (exact) mass is 358 g/mol. The van der Waals surface area contributed by atoms with E-state index >= 15 is 0 Å². The Bertz CT molecular complexity index is 800. The summed E-state index contributed by atoms with van der Waals surface area (Å²) in [6, 6.07) is 15.9. The van der Waals surface area contributed by atoms with E-state index in [4.69, 9.17) is 0 Å². The third kappa shape index (κ3) is 5.85. The van der Waals surface area contributed by atoms with E-state index in [1.165, 1.54) is 35.9 Å². The molecule has 5 nitrogen and oxygen atoms in total. The average Bonchev–Trinajstić information content (AvgIpc) is 2.64. The van der Waals surface area contributed by atoms with Gasteiger partial charge in [0.1, 0.15) is 0 Å². The van der Waals surface area contributed by atoms with Gasteiger partial charge in [-0.3, -0.25) is 4.79 Å². The standard InChI is InChI=1S/C19H22N2O3S/c1-2-14-21-25(23,24)18-12-10-17(11-13-18)19(22)20-15-6-9-16-7-4-3-5-8-16/h2-5,7-8,10-13,21H,1,6,9,14-15H2,(H,20,22). The maximum absolute atomic E-state index is 12.1. The topological polar surface area (TPSA) is 75.3 Å². The van der Waals surface area contributed by atoms with Crippen LogP contribution in [0.15, 0.2) is 72.1 Å². The Labute approximate surface area is 148 Å². The van der Waals surface area contributed by atoms with E-state index in [2.05, 4.69) is 28.8 Å². The first-order valence-corrected chi connectivity index (χ1v) is 9.54. The van der Waals surface area contributed by atoms with Gasteiger partial charge in [0.25, 0.3) is 5.91 Å². The van der Waals surface area contributed by atoms with Crippen LogP contribution in [0.4, 0.5) is 0 Å². The summed E-state index contributed by atoms with van der Waals surface area (Å²) in [4.78, 5) is 12.2. The Morgan fingerprint density at radius 3 is 2.36 bits per heavy atom. The molecule has 0 aliphatic heterocycles. The lowest BCUT2D eigenvalue weighted by Gasteiger charge is -2.07. The van der Waals surface area contributed by atoms with Crippen LogP contribution in [-0.4, -0.2) is 27.4 Å². The molecule has 0 saturated carbocycles. The summed E-state index contributed by atoms with van der Waals surface area (Å²) in [5, 5.41) is 2.84. The molecule has 0 unspecified atom stereocenters. The highest BCUT2D eigenvalue weighted by atomic mass is 32.2. The van der Waals surface area contributed by atoms with Crippen LogP contribution < -0.4 is 10.0 Å². The lowest BCUT2D eigenvalue weighted by molar-refractivity contribution is 0.0953. The van der Waals surface area contributed by atoms with Gasteiger partial charge < -0.3 is 5.32 Å². The Hall–Kier alpha value is -2.44. The number of rotatable bonds is 9. The molecule has 0 bridgehead atoms. The predicted molar refractivity (Wildman–Crippen MR) is 98.9 cm³/mol. The predicted octanol–water partition coefficient (Wildman–Crippen LogP) is 2.51. The molecule has 0 aliphatic rings. The third-order valence-corrected chi connectivity index (χ3v) is 5.05.